The Balaban J connectivity index is 2.27. The summed E-state index contributed by atoms with van der Waals surface area (Å²) in [4.78, 5) is 13.3. The average molecular weight is 343 g/mol. The molecule has 1 aromatic heterocycles. The third kappa shape index (κ3) is 3.08. The van der Waals surface area contributed by atoms with Gasteiger partial charge in [0.15, 0.2) is 0 Å². The molecule has 0 saturated carbocycles. The van der Waals surface area contributed by atoms with E-state index < -0.39 is 6.29 Å². The van der Waals surface area contributed by atoms with Crippen molar-refractivity contribution in [1.82, 2.24) is 4.57 Å². The molecule has 1 N–H and O–H groups in total. The van der Waals surface area contributed by atoms with Crippen molar-refractivity contribution in [2.24, 2.45) is 5.92 Å². The molecule has 0 amide bonds. The Bertz CT molecular complexity index is 796. The molecule has 2 heterocycles. The number of fused-ring (bicyclic) bond motifs is 3. The smallest absolute Gasteiger partial charge is 0.258 e. The summed E-state index contributed by atoms with van der Waals surface area (Å²) in [5.41, 5.74) is 1.70. The first kappa shape index (κ1) is 18.0. The van der Waals surface area contributed by atoms with Gasteiger partial charge in [0.25, 0.3) is 5.56 Å². The van der Waals surface area contributed by atoms with Crippen LogP contribution in [0.25, 0.3) is 10.9 Å². The summed E-state index contributed by atoms with van der Waals surface area (Å²) < 4.78 is 7.79. The van der Waals surface area contributed by atoms with Crippen LogP contribution in [0.4, 0.5) is 0 Å². The molecule has 4 heteroatoms. The van der Waals surface area contributed by atoms with Crippen LogP contribution in [-0.4, -0.2) is 16.0 Å². The summed E-state index contributed by atoms with van der Waals surface area (Å²) in [7, 11) is 0. The Morgan fingerprint density at radius 3 is 2.56 bits per heavy atom. The Hall–Kier alpha value is -1.81. The second kappa shape index (κ2) is 7.61. The number of pyridine rings is 1. The summed E-state index contributed by atoms with van der Waals surface area (Å²) in [6.45, 7) is 6.91. The molecule has 0 spiro atoms. The van der Waals surface area contributed by atoms with Gasteiger partial charge in [0.1, 0.15) is 5.75 Å². The maximum Gasteiger partial charge on any atom is 0.258 e. The lowest BCUT2D eigenvalue weighted by molar-refractivity contribution is -0.0861. The van der Waals surface area contributed by atoms with E-state index in [0.29, 0.717) is 12.3 Å². The predicted molar refractivity (Wildman–Crippen MR) is 101 cm³/mol. The largest absolute Gasteiger partial charge is 0.464 e. The van der Waals surface area contributed by atoms with Crippen LogP contribution >= 0.6 is 0 Å². The van der Waals surface area contributed by atoms with Gasteiger partial charge < -0.3 is 14.4 Å². The van der Waals surface area contributed by atoms with E-state index in [4.69, 9.17) is 4.74 Å². The van der Waals surface area contributed by atoms with Crippen molar-refractivity contribution in [2.75, 3.05) is 0 Å². The Kier molecular flexibility index (Phi) is 5.48. The van der Waals surface area contributed by atoms with Crippen LogP contribution in [0.15, 0.2) is 29.1 Å². The van der Waals surface area contributed by atoms with Crippen molar-refractivity contribution in [3.63, 3.8) is 0 Å². The van der Waals surface area contributed by atoms with Crippen LogP contribution in [0.2, 0.25) is 0 Å². The lowest BCUT2D eigenvalue weighted by atomic mass is 9.77. The van der Waals surface area contributed by atoms with Crippen LogP contribution in [-0.2, 0) is 6.54 Å². The van der Waals surface area contributed by atoms with E-state index in [9.17, 15) is 9.90 Å². The summed E-state index contributed by atoms with van der Waals surface area (Å²) in [5, 5.41) is 11.6. The number of aliphatic hydroxyl groups is 1. The van der Waals surface area contributed by atoms with Crippen LogP contribution in [0, 0.1) is 5.92 Å². The molecular weight excluding hydrogens is 314 g/mol. The van der Waals surface area contributed by atoms with E-state index in [0.717, 1.165) is 48.6 Å². The Morgan fingerprint density at radius 1 is 1.12 bits per heavy atom. The normalized spacial score (nSPS) is 22.6. The second-order valence-electron chi connectivity index (χ2n) is 7.02. The lowest BCUT2D eigenvalue weighted by Crippen LogP contribution is -2.40. The molecule has 4 nitrogen and oxygen atoms in total. The monoisotopic (exact) mass is 343 g/mol. The minimum Gasteiger partial charge on any atom is -0.464 e. The molecule has 25 heavy (non-hydrogen) atoms. The van der Waals surface area contributed by atoms with Crippen molar-refractivity contribution in [3.8, 4) is 5.75 Å². The molecule has 3 rings (SSSR count). The quantitative estimate of drug-likeness (QED) is 0.844. The number of hydrogen-bond acceptors (Lipinski definition) is 3. The minimum absolute atomic E-state index is 0.0109. The molecule has 1 aliphatic rings. The molecule has 0 saturated heterocycles. The fourth-order valence-electron chi connectivity index (χ4n) is 4.25. The van der Waals surface area contributed by atoms with Crippen molar-refractivity contribution in [2.45, 2.75) is 71.6 Å². The zero-order valence-corrected chi connectivity index (χ0v) is 15.5. The van der Waals surface area contributed by atoms with Crippen LogP contribution in [0.1, 0.15) is 64.4 Å². The number of unbranched alkanes of at least 4 members (excludes halogenated alkanes) is 1. The number of hydrogen-bond donors (Lipinski definition) is 1. The van der Waals surface area contributed by atoms with Crippen LogP contribution < -0.4 is 10.3 Å². The van der Waals surface area contributed by atoms with E-state index >= 15 is 0 Å². The first-order chi connectivity index (χ1) is 12.1. The molecule has 0 bridgehead atoms. The fourth-order valence-corrected chi connectivity index (χ4v) is 4.25. The van der Waals surface area contributed by atoms with Gasteiger partial charge in [-0.3, -0.25) is 4.79 Å². The third-order valence-corrected chi connectivity index (χ3v) is 5.46. The van der Waals surface area contributed by atoms with E-state index in [2.05, 4.69) is 13.8 Å². The van der Waals surface area contributed by atoms with Crippen LogP contribution in [0.5, 0.6) is 5.75 Å². The summed E-state index contributed by atoms with van der Waals surface area (Å²) >= 11 is 0. The van der Waals surface area contributed by atoms with Gasteiger partial charge in [-0.1, -0.05) is 45.2 Å². The highest BCUT2D eigenvalue weighted by atomic mass is 16.6. The van der Waals surface area contributed by atoms with Gasteiger partial charge in [-0.15, -0.1) is 0 Å². The van der Waals surface area contributed by atoms with Gasteiger partial charge in [-0.05, 0) is 31.9 Å². The second-order valence-corrected chi connectivity index (χ2v) is 7.02. The first-order valence-corrected chi connectivity index (χ1v) is 9.64. The number of aryl methyl sites for hydroxylation is 1. The standard InChI is InChI=1S/C21H29NO3/c1-4-7-11-14-15(10-5-2)21(24)25-19-16-12-8-9-13-17(16)22(6-3)20(23)18(14)19/h8-9,12-15,21,24H,4-7,10-11H2,1-3H3. The van der Waals surface area contributed by atoms with Gasteiger partial charge in [0.2, 0.25) is 6.29 Å². The lowest BCUT2D eigenvalue weighted by Gasteiger charge is -2.37. The third-order valence-electron chi connectivity index (χ3n) is 5.46. The molecular formula is C21H29NO3. The van der Waals surface area contributed by atoms with Gasteiger partial charge in [0, 0.05) is 23.8 Å². The molecule has 1 aliphatic heterocycles. The highest BCUT2D eigenvalue weighted by molar-refractivity contribution is 5.87. The maximum absolute atomic E-state index is 13.3. The fraction of sp³-hybridized carbons (Fsp3) is 0.571. The van der Waals surface area contributed by atoms with Gasteiger partial charge in [0.05, 0.1) is 11.1 Å². The van der Waals surface area contributed by atoms with Crippen molar-refractivity contribution >= 4 is 10.9 Å². The highest BCUT2D eigenvalue weighted by Crippen LogP contribution is 2.45. The van der Waals surface area contributed by atoms with E-state index in [1.54, 1.807) is 0 Å². The molecule has 1 aromatic carbocycles. The average Bonchev–Trinajstić information content (AvgIpc) is 2.62. The van der Waals surface area contributed by atoms with Gasteiger partial charge in [-0.25, -0.2) is 0 Å². The minimum atomic E-state index is -0.838. The van der Waals surface area contributed by atoms with Gasteiger partial charge in [-0.2, -0.15) is 0 Å². The zero-order valence-electron chi connectivity index (χ0n) is 15.5. The summed E-state index contributed by atoms with van der Waals surface area (Å²) in [6.07, 6.45) is 4.05. The molecule has 0 radical (unpaired) electrons. The summed E-state index contributed by atoms with van der Waals surface area (Å²) in [6, 6.07) is 7.84. The number of ether oxygens (including phenoxy) is 1. The maximum atomic E-state index is 13.3. The molecule has 3 atom stereocenters. The Labute approximate surface area is 149 Å². The SMILES string of the molecule is CCCCC1c2c(c3ccccc3n(CC)c2=O)OC(O)C1CCC. The topological polar surface area (TPSA) is 51.5 Å². The number of para-hydroxylation sites is 1. The number of benzene rings is 1. The summed E-state index contributed by atoms with van der Waals surface area (Å²) in [5.74, 6) is 0.656. The highest BCUT2D eigenvalue weighted by Gasteiger charge is 2.39. The molecule has 136 valence electrons. The Morgan fingerprint density at radius 2 is 1.88 bits per heavy atom. The number of nitrogens with zero attached hydrogens (tertiary/aromatic N) is 1. The van der Waals surface area contributed by atoms with Crippen LogP contribution in [0.3, 0.4) is 0 Å². The first-order valence-electron chi connectivity index (χ1n) is 9.64. The zero-order chi connectivity index (χ0) is 18.0. The van der Waals surface area contributed by atoms with E-state index in [1.807, 2.05) is 35.8 Å². The van der Waals surface area contributed by atoms with E-state index in [1.165, 1.54) is 0 Å². The molecule has 3 unspecified atom stereocenters. The predicted octanol–water partition coefficient (Wildman–Crippen LogP) is 4.42. The number of aliphatic hydroxyl groups excluding tert-OH is 1. The molecule has 0 fully saturated rings. The molecule has 0 aliphatic carbocycles. The number of aromatic nitrogens is 1. The number of rotatable bonds is 6. The molecule has 2 aromatic rings. The van der Waals surface area contributed by atoms with Crippen molar-refractivity contribution < 1.29 is 9.84 Å². The van der Waals surface area contributed by atoms with E-state index in [-0.39, 0.29) is 17.4 Å². The van der Waals surface area contributed by atoms with Crippen molar-refractivity contribution in [3.05, 3.63) is 40.2 Å². The van der Waals surface area contributed by atoms with Gasteiger partial charge >= 0.3 is 0 Å². The van der Waals surface area contributed by atoms with Crippen molar-refractivity contribution in [1.29, 1.82) is 0 Å².